The maximum absolute atomic E-state index is 6.02. The number of imidazole rings is 2. The van der Waals surface area contributed by atoms with E-state index < -0.39 is 0 Å². The van der Waals surface area contributed by atoms with Gasteiger partial charge in [0.15, 0.2) is 0 Å². The number of fused-ring (bicyclic) bond motifs is 2. The van der Waals surface area contributed by atoms with E-state index in [9.17, 15) is 0 Å². The lowest BCUT2D eigenvalue weighted by molar-refractivity contribution is -0.0000736. The van der Waals surface area contributed by atoms with Gasteiger partial charge in [-0.3, -0.25) is 4.90 Å². The Morgan fingerprint density at radius 3 is 2.68 bits per heavy atom. The summed E-state index contributed by atoms with van der Waals surface area (Å²) in [6.07, 6.45) is 6.44. The molecule has 1 aliphatic heterocycles. The number of hydrogen-bond acceptors (Lipinski definition) is 4. The van der Waals surface area contributed by atoms with E-state index in [4.69, 9.17) is 9.72 Å². The number of methoxy groups -OCH3 is 1. The van der Waals surface area contributed by atoms with Crippen LogP contribution in [-0.4, -0.2) is 50.3 Å². The first-order valence-electron chi connectivity index (χ1n) is 10.3. The van der Waals surface area contributed by atoms with Gasteiger partial charge in [-0.1, -0.05) is 12.1 Å². The van der Waals surface area contributed by atoms with Gasteiger partial charge >= 0.3 is 0 Å². The molecule has 1 aromatic carbocycles. The van der Waals surface area contributed by atoms with Crippen molar-refractivity contribution < 1.29 is 4.74 Å². The molecular weight excluding hydrogens is 350 g/mol. The van der Waals surface area contributed by atoms with Gasteiger partial charge in [0.1, 0.15) is 11.6 Å². The second kappa shape index (κ2) is 7.01. The Kier molecular flexibility index (Phi) is 4.48. The van der Waals surface area contributed by atoms with Crippen LogP contribution in [0.5, 0.6) is 0 Å². The molecule has 0 radical (unpaired) electrons. The van der Waals surface area contributed by atoms with Gasteiger partial charge in [0, 0.05) is 39.6 Å². The lowest BCUT2D eigenvalue weighted by Gasteiger charge is -2.38. The Morgan fingerprint density at radius 1 is 1.14 bits per heavy atom. The molecule has 4 atom stereocenters. The maximum Gasteiger partial charge on any atom is 0.122 e. The number of hydrogen-bond donors (Lipinski definition) is 0. The lowest BCUT2D eigenvalue weighted by Crippen LogP contribution is -2.37. The van der Waals surface area contributed by atoms with Gasteiger partial charge in [-0.25, -0.2) is 9.97 Å². The van der Waals surface area contributed by atoms with Crippen molar-refractivity contribution in [3.8, 4) is 0 Å². The van der Waals surface area contributed by atoms with Crippen LogP contribution in [0.3, 0.4) is 0 Å². The van der Waals surface area contributed by atoms with Crippen LogP contribution in [-0.2, 0) is 18.3 Å². The fraction of sp³-hybridized carbons (Fsp3) is 0.545. The van der Waals surface area contributed by atoms with E-state index in [0.29, 0.717) is 17.9 Å². The molecular formula is C22H29N5O. The minimum absolute atomic E-state index is 0.241. The summed E-state index contributed by atoms with van der Waals surface area (Å²) >= 11 is 0. The first-order chi connectivity index (χ1) is 13.6. The number of benzene rings is 1. The number of nitrogens with zero attached hydrogens (tertiary/aromatic N) is 5. The Balaban J connectivity index is 1.40. The van der Waals surface area contributed by atoms with E-state index in [1.165, 1.54) is 5.52 Å². The lowest BCUT2D eigenvalue weighted by atomic mass is 9.77. The first kappa shape index (κ1) is 17.9. The van der Waals surface area contributed by atoms with Gasteiger partial charge in [0.25, 0.3) is 0 Å². The summed E-state index contributed by atoms with van der Waals surface area (Å²) in [4.78, 5) is 11.9. The van der Waals surface area contributed by atoms with E-state index in [0.717, 1.165) is 49.6 Å². The molecule has 5 rings (SSSR count). The molecule has 0 amide bonds. The summed E-state index contributed by atoms with van der Waals surface area (Å²) in [6, 6.07) is 8.83. The van der Waals surface area contributed by atoms with Crippen molar-refractivity contribution in [1.82, 2.24) is 24.0 Å². The van der Waals surface area contributed by atoms with E-state index in [2.05, 4.69) is 57.3 Å². The molecule has 1 saturated carbocycles. The highest BCUT2D eigenvalue weighted by atomic mass is 16.5. The van der Waals surface area contributed by atoms with Crippen LogP contribution in [0.4, 0.5) is 0 Å². The minimum atomic E-state index is 0.241. The third-order valence-corrected chi connectivity index (χ3v) is 6.85. The standard InChI is InChI=1S/C22H29N5O/c1-15-24-18-6-4-5-7-19(18)27(15)20-10-16-12-26(13-17(16)11-21(20)28-3)14-22-23-8-9-25(22)2/h4-9,16-17,20-21H,10-14H2,1-3H3/t16-,17+,20-,21-/m0/s1. The third-order valence-electron chi connectivity index (χ3n) is 6.85. The summed E-state index contributed by atoms with van der Waals surface area (Å²) < 4.78 is 10.6. The monoisotopic (exact) mass is 379 g/mol. The summed E-state index contributed by atoms with van der Waals surface area (Å²) in [5.41, 5.74) is 2.31. The molecule has 2 aliphatic rings. The highest BCUT2D eigenvalue weighted by molar-refractivity contribution is 5.76. The largest absolute Gasteiger partial charge is 0.379 e. The molecule has 28 heavy (non-hydrogen) atoms. The molecule has 1 aliphatic carbocycles. The Hall–Kier alpha value is -2.18. The van der Waals surface area contributed by atoms with E-state index in [-0.39, 0.29) is 6.10 Å². The average Bonchev–Trinajstić information content (AvgIpc) is 3.36. The van der Waals surface area contributed by atoms with Crippen LogP contribution in [0, 0.1) is 18.8 Å². The molecule has 0 bridgehead atoms. The summed E-state index contributed by atoms with van der Waals surface area (Å²) in [6.45, 7) is 5.36. The maximum atomic E-state index is 6.02. The molecule has 2 aromatic heterocycles. The molecule has 2 fully saturated rings. The molecule has 0 spiro atoms. The van der Waals surface area contributed by atoms with Gasteiger partial charge in [0.2, 0.25) is 0 Å². The van der Waals surface area contributed by atoms with Crippen molar-refractivity contribution in [3.63, 3.8) is 0 Å². The normalized spacial score (nSPS) is 28.1. The van der Waals surface area contributed by atoms with Crippen LogP contribution < -0.4 is 0 Å². The fourth-order valence-electron chi connectivity index (χ4n) is 5.47. The van der Waals surface area contributed by atoms with Crippen LogP contribution >= 0.6 is 0 Å². The van der Waals surface area contributed by atoms with Crippen molar-refractivity contribution >= 4 is 11.0 Å². The zero-order valence-electron chi connectivity index (χ0n) is 17.0. The highest BCUT2D eigenvalue weighted by Crippen LogP contribution is 2.44. The molecule has 3 aromatic rings. The van der Waals surface area contributed by atoms with Crippen molar-refractivity contribution in [2.24, 2.45) is 18.9 Å². The molecule has 148 valence electrons. The molecule has 3 heterocycles. The van der Waals surface area contributed by atoms with E-state index >= 15 is 0 Å². The van der Waals surface area contributed by atoms with Gasteiger partial charge in [-0.2, -0.15) is 0 Å². The Morgan fingerprint density at radius 2 is 1.93 bits per heavy atom. The zero-order valence-corrected chi connectivity index (χ0v) is 17.0. The fourth-order valence-corrected chi connectivity index (χ4v) is 5.47. The Bertz CT molecular complexity index is 976. The molecule has 1 saturated heterocycles. The van der Waals surface area contributed by atoms with Crippen LogP contribution in [0.2, 0.25) is 0 Å². The molecule has 6 heteroatoms. The van der Waals surface area contributed by atoms with Crippen molar-refractivity contribution in [2.45, 2.75) is 38.5 Å². The predicted molar refractivity (Wildman–Crippen MR) is 109 cm³/mol. The van der Waals surface area contributed by atoms with Crippen molar-refractivity contribution in [3.05, 3.63) is 48.3 Å². The van der Waals surface area contributed by atoms with Gasteiger partial charge < -0.3 is 13.9 Å². The second-order valence-electron chi connectivity index (χ2n) is 8.50. The second-order valence-corrected chi connectivity index (χ2v) is 8.50. The molecule has 0 unspecified atom stereocenters. The van der Waals surface area contributed by atoms with Gasteiger partial charge in [0.05, 0.1) is 29.7 Å². The Labute approximate surface area is 166 Å². The molecule has 6 nitrogen and oxygen atoms in total. The number of para-hydroxylation sites is 2. The van der Waals surface area contributed by atoms with Crippen molar-refractivity contribution in [2.75, 3.05) is 20.2 Å². The van der Waals surface area contributed by atoms with Crippen molar-refractivity contribution in [1.29, 1.82) is 0 Å². The minimum Gasteiger partial charge on any atom is -0.379 e. The number of rotatable bonds is 4. The van der Waals surface area contributed by atoms with Crippen LogP contribution in [0.1, 0.15) is 30.5 Å². The first-order valence-corrected chi connectivity index (χ1v) is 10.3. The number of ether oxygens (including phenoxy) is 1. The SMILES string of the molecule is CO[C@H]1C[C@@H]2CN(Cc3nccn3C)C[C@@H]2C[C@@H]1n1c(C)nc2ccccc21. The van der Waals surface area contributed by atoms with Gasteiger partial charge in [-0.05, 0) is 43.7 Å². The molecule has 0 N–H and O–H groups in total. The summed E-state index contributed by atoms with van der Waals surface area (Å²) in [5.74, 6) is 3.65. The smallest absolute Gasteiger partial charge is 0.122 e. The predicted octanol–water partition coefficient (Wildman–Crippen LogP) is 3.18. The average molecular weight is 380 g/mol. The quantitative estimate of drug-likeness (QED) is 0.699. The number of aryl methyl sites for hydroxylation is 2. The zero-order chi connectivity index (χ0) is 19.3. The van der Waals surface area contributed by atoms with Crippen LogP contribution in [0.15, 0.2) is 36.7 Å². The number of aromatic nitrogens is 4. The van der Waals surface area contributed by atoms with Gasteiger partial charge in [-0.15, -0.1) is 0 Å². The third kappa shape index (κ3) is 2.95. The summed E-state index contributed by atoms with van der Waals surface area (Å²) in [7, 11) is 3.95. The summed E-state index contributed by atoms with van der Waals surface area (Å²) in [5, 5.41) is 0. The highest BCUT2D eigenvalue weighted by Gasteiger charge is 2.43. The van der Waals surface area contributed by atoms with Crippen LogP contribution in [0.25, 0.3) is 11.0 Å². The van der Waals surface area contributed by atoms with E-state index in [1.54, 1.807) is 0 Å². The number of likely N-dealkylation sites (tertiary alicyclic amines) is 1. The van der Waals surface area contributed by atoms with E-state index in [1.807, 2.05) is 19.5 Å². The topological polar surface area (TPSA) is 48.1 Å².